The Balaban J connectivity index is 1.65. The Kier molecular flexibility index (Phi) is 5.90. The molecule has 0 unspecified atom stereocenters. The van der Waals surface area contributed by atoms with Crippen LogP contribution in [0.15, 0.2) is 22.8 Å². The Hall–Kier alpha value is -0.560. The predicted molar refractivity (Wildman–Crippen MR) is 133 cm³/mol. The molecule has 4 aliphatic rings. The van der Waals surface area contributed by atoms with Gasteiger partial charge in [-0.25, -0.2) is 0 Å². The van der Waals surface area contributed by atoms with E-state index in [0.29, 0.717) is 22.2 Å². The van der Waals surface area contributed by atoms with Crippen molar-refractivity contribution in [2.75, 3.05) is 0 Å². The fourth-order valence-corrected chi connectivity index (χ4v) is 9.47. The van der Waals surface area contributed by atoms with Gasteiger partial charge in [-0.05, 0) is 117 Å². The first-order chi connectivity index (χ1) is 14.4. The van der Waals surface area contributed by atoms with Crippen LogP contribution in [0.1, 0.15) is 120 Å². The predicted octanol–water partition coefficient (Wildman–Crippen LogP) is 8.48. The Morgan fingerprint density at radius 1 is 0.968 bits per heavy atom. The Morgan fingerprint density at radius 3 is 2.35 bits per heavy atom. The zero-order valence-electron chi connectivity index (χ0n) is 21.9. The van der Waals surface area contributed by atoms with E-state index in [0.717, 1.165) is 18.3 Å². The van der Waals surface area contributed by atoms with Gasteiger partial charge in [0.25, 0.3) is 0 Å². The molecule has 31 heavy (non-hydrogen) atoms. The van der Waals surface area contributed by atoms with Crippen molar-refractivity contribution in [2.45, 2.75) is 126 Å². The lowest BCUT2D eigenvalue weighted by Crippen LogP contribution is -2.55. The average molecular weight is 427 g/mol. The number of allylic oxidation sites excluding steroid dienone is 4. The van der Waals surface area contributed by atoms with Crippen LogP contribution >= 0.6 is 0 Å². The first-order valence-corrected chi connectivity index (χ1v) is 13.4. The summed E-state index contributed by atoms with van der Waals surface area (Å²) in [6.45, 7) is 19.6. The molecule has 0 aliphatic heterocycles. The van der Waals surface area contributed by atoms with Gasteiger partial charge in [0.1, 0.15) is 0 Å². The van der Waals surface area contributed by atoms with Crippen LogP contribution in [0, 0.1) is 39.4 Å². The summed E-state index contributed by atoms with van der Waals surface area (Å²) in [5, 5.41) is 10.8. The third-order valence-electron chi connectivity index (χ3n) is 11.7. The number of hydrogen-bond donors (Lipinski definition) is 1. The van der Waals surface area contributed by atoms with Crippen molar-refractivity contribution in [1.29, 1.82) is 0 Å². The normalized spacial score (nSPS) is 44.9. The van der Waals surface area contributed by atoms with Crippen molar-refractivity contribution in [2.24, 2.45) is 39.4 Å². The summed E-state index contributed by atoms with van der Waals surface area (Å²) in [5.74, 6) is 2.32. The highest BCUT2D eigenvalue weighted by atomic mass is 16.3. The summed E-state index contributed by atoms with van der Waals surface area (Å²) >= 11 is 0. The lowest BCUT2D eigenvalue weighted by molar-refractivity contribution is -0.0962. The van der Waals surface area contributed by atoms with Crippen LogP contribution < -0.4 is 0 Å². The quantitative estimate of drug-likeness (QED) is 0.447. The summed E-state index contributed by atoms with van der Waals surface area (Å²) in [4.78, 5) is 0. The van der Waals surface area contributed by atoms with E-state index in [1.54, 1.807) is 0 Å². The van der Waals surface area contributed by atoms with Gasteiger partial charge in [0, 0.05) is 0 Å². The highest BCUT2D eigenvalue weighted by molar-refractivity contribution is 5.38. The van der Waals surface area contributed by atoms with Crippen molar-refractivity contribution >= 4 is 0 Å². The highest BCUT2D eigenvalue weighted by Gasteiger charge is 2.63. The van der Waals surface area contributed by atoms with E-state index in [9.17, 15) is 5.11 Å². The lowest BCUT2D eigenvalue weighted by atomic mass is 9.43. The zero-order chi connectivity index (χ0) is 22.8. The molecule has 0 bridgehead atoms. The fourth-order valence-electron chi connectivity index (χ4n) is 9.47. The summed E-state index contributed by atoms with van der Waals surface area (Å²) in [5.41, 5.74) is 6.41. The van der Waals surface area contributed by atoms with Crippen LogP contribution in [-0.4, -0.2) is 11.2 Å². The van der Waals surface area contributed by atoms with Gasteiger partial charge >= 0.3 is 0 Å². The maximum absolute atomic E-state index is 10.8. The van der Waals surface area contributed by atoms with Gasteiger partial charge in [0.2, 0.25) is 0 Å². The lowest BCUT2D eigenvalue weighted by Gasteiger charge is -2.62. The summed E-state index contributed by atoms with van der Waals surface area (Å²) in [6.07, 6.45) is 15.2. The third kappa shape index (κ3) is 3.34. The Bertz CT molecular complexity index is 767. The number of aliphatic hydroxyl groups is 1. The van der Waals surface area contributed by atoms with Crippen LogP contribution in [0.2, 0.25) is 0 Å². The second-order valence-corrected chi connectivity index (χ2v) is 13.6. The second kappa shape index (κ2) is 7.75. The monoisotopic (exact) mass is 426 g/mol. The van der Waals surface area contributed by atoms with E-state index < -0.39 is 0 Å². The van der Waals surface area contributed by atoms with Crippen molar-refractivity contribution in [3.05, 3.63) is 22.8 Å². The molecular formula is C30H50O. The summed E-state index contributed by atoms with van der Waals surface area (Å²) in [6, 6.07) is 0. The smallest absolute Gasteiger partial charge is 0.0594 e. The molecule has 1 heteroatoms. The molecule has 0 spiro atoms. The SMILES string of the molecule is CC(C)=CCC[C@@H](C)[C@H]1CC[C@]2(C)C3=C(CC[C@]12C)[C@@]1(C)CC[C@H](O)C(C)(C)[C@@H]1CC3. The maximum Gasteiger partial charge on any atom is 0.0594 e. The zero-order valence-corrected chi connectivity index (χ0v) is 21.9. The summed E-state index contributed by atoms with van der Waals surface area (Å²) in [7, 11) is 0. The molecule has 0 aromatic heterocycles. The average Bonchev–Trinajstić information content (AvgIpc) is 2.96. The number of hydrogen-bond acceptors (Lipinski definition) is 1. The topological polar surface area (TPSA) is 20.2 Å². The van der Waals surface area contributed by atoms with Crippen LogP contribution in [0.25, 0.3) is 0 Å². The minimum atomic E-state index is -0.130. The van der Waals surface area contributed by atoms with Gasteiger partial charge in [-0.2, -0.15) is 0 Å². The summed E-state index contributed by atoms with van der Waals surface area (Å²) < 4.78 is 0. The van der Waals surface area contributed by atoms with Gasteiger partial charge in [0.05, 0.1) is 6.10 Å². The van der Waals surface area contributed by atoms with Crippen LogP contribution in [0.4, 0.5) is 0 Å². The fraction of sp³-hybridized carbons (Fsp3) is 0.867. The van der Waals surface area contributed by atoms with Crippen LogP contribution in [0.3, 0.4) is 0 Å². The molecule has 0 saturated heterocycles. The van der Waals surface area contributed by atoms with Gasteiger partial charge in [-0.3, -0.25) is 0 Å². The van der Waals surface area contributed by atoms with E-state index in [1.165, 1.54) is 63.4 Å². The molecule has 0 amide bonds. The first kappa shape index (κ1) is 23.6. The molecule has 0 aromatic carbocycles. The molecule has 4 rings (SSSR count). The molecule has 0 heterocycles. The van der Waals surface area contributed by atoms with Gasteiger partial charge < -0.3 is 5.11 Å². The maximum atomic E-state index is 10.8. The molecule has 4 aliphatic carbocycles. The Labute approximate surface area is 193 Å². The number of rotatable bonds is 4. The van der Waals surface area contributed by atoms with Crippen molar-refractivity contribution in [3.8, 4) is 0 Å². The first-order valence-electron chi connectivity index (χ1n) is 13.4. The largest absolute Gasteiger partial charge is 0.393 e. The standard InChI is InChI=1S/C30H50O/c1-20(2)10-9-11-21(3)22-14-18-30(8)24-12-13-25-27(4,5)26(31)16-17-28(25,6)23(24)15-19-29(22,30)7/h10,21-22,25-26,31H,9,11-19H2,1-8H3/t21-,22-,25+,26+,28-,29-,30-/m1/s1. The van der Waals surface area contributed by atoms with E-state index in [-0.39, 0.29) is 11.5 Å². The van der Waals surface area contributed by atoms with Crippen molar-refractivity contribution in [1.82, 2.24) is 0 Å². The molecule has 1 N–H and O–H groups in total. The molecule has 7 atom stereocenters. The molecule has 0 radical (unpaired) electrons. The van der Waals surface area contributed by atoms with Gasteiger partial charge in [-0.15, -0.1) is 0 Å². The molecule has 2 fully saturated rings. The van der Waals surface area contributed by atoms with E-state index in [1.807, 2.05) is 11.1 Å². The molecule has 176 valence electrons. The minimum absolute atomic E-state index is 0.0465. The van der Waals surface area contributed by atoms with E-state index >= 15 is 0 Å². The van der Waals surface area contributed by atoms with Crippen LogP contribution in [0.5, 0.6) is 0 Å². The van der Waals surface area contributed by atoms with Gasteiger partial charge in [-0.1, -0.05) is 64.3 Å². The van der Waals surface area contributed by atoms with Gasteiger partial charge in [0.15, 0.2) is 0 Å². The number of fused-ring (bicyclic) bond motifs is 4. The third-order valence-corrected chi connectivity index (χ3v) is 11.7. The second-order valence-electron chi connectivity index (χ2n) is 13.6. The molecular weight excluding hydrogens is 376 g/mol. The van der Waals surface area contributed by atoms with Crippen molar-refractivity contribution < 1.29 is 5.11 Å². The highest BCUT2D eigenvalue weighted by Crippen LogP contribution is 2.72. The number of aliphatic hydroxyl groups excluding tert-OH is 1. The van der Waals surface area contributed by atoms with E-state index in [2.05, 4.69) is 61.5 Å². The molecule has 0 aromatic rings. The van der Waals surface area contributed by atoms with Crippen molar-refractivity contribution in [3.63, 3.8) is 0 Å². The minimum Gasteiger partial charge on any atom is -0.393 e. The molecule has 1 nitrogen and oxygen atoms in total. The molecule has 2 saturated carbocycles. The van der Waals surface area contributed by atoms with E-state index in [4.69, 9.17) is 0 Å². The van der Waals surface area contributed by atoms with Crippen LogP contribution in [-0.2, 0) is 0 Å². The Morgan fingerprint density at radius 2 is 1.68 bits per heavy atom.